The molecule has 1 heterocycles. The van der Waals surface area contributed by atoms with E-state index >= 15 is 0 Å². The van der Waals surface area contributed by atoms with Gasteiger partial charge in [0.25, 0.3) is 0 Å². The van der Waals surface area contributed by atoms with E-state index in [4.69, 9.17) is 4.74 Å². The fourth-order valence-electron chi connectivity index (χ4n) is 0.969. The molecule has 0 amide bonds. The zero-order valence-electron chi connectivity index (χ0n) is 7.25. The highest BCUT2D eigenvalue weighted by Gasteiger charge is 2.05. The Morgan fingerprint density at radius 2 is 2.14 bits per heavy atom. The zero-order chi connectivity index (χ0) is 9.80. The first-order valence-corrected chi connectivity index (χ1v) is 4.04. The van der Waals surface area contributed by atoms with Crippen LogP contribution < -0.4 is 4.74 Å². The van der Waals surface area contributed by atoms with Crippen LogP contribution in [-0.2, 0) is 0 Å². The molecule has 0 saturated carbocycles. The molecule has 0 saturated heterocycles. The molecule has 1 radical (unpaired) electrons. The summed E-state index contributed by atoms with van der Waals surface area (Å²) in [6, 6.07) is 11.5. The highest BCUT2D eigenvalue weighted by molar-refractivity contribution is 5.71. The van der Waals surface area contributed by atoms with Crippen molar-refractivity contribution < 1.29 is 9.53 Å². The molecular formula is C10H7N2O2. The van der Waals surface area contributed by atoms with E-state index in [0.29, 0.717) is 5.75 Å². The quantitative estimate of drug-likeness (QED) is 0.682. The molecule has 0 aliphatic rings. The van der Waals surface area contributed by atoms with Crippen LogP contribution in [0.15, 0.2) is 42.7 Å². The predicted octanol–water partition coefficient (Wildman–Crippen LogP) is 1.73. The van der Waals surface area contributed by atoms with Crippen LogP contribution in [0.4, 0.5) is 4.79 Å². The van der Waals surface area contributed by atoms with Gasteiger partial charge in [-0.25, -0.2) is 4.79 Å². The van der Waals surface area contributed by atoms with Crippen LogP contribution in [0, 0.1) is 6.07 Å². The van der Waals surface area contributed by atoms with Crippen LogP contribution in [-0.4, -0.2) is 15.9 Å². The van der Waals surface area contributed by atoms with Crippen molar-refractivity contribution in [1.82, 2.24) is 9.78 Å². The van der Waals surface area contributed by atoms with Crippen molar-refractivity contribution >= 4 is 6.09 Å². The fraction of sp³-hybridized carbons (Fsp3) is 0. The van der Waals surface area contributed by atoms with Crippen molar-refractivity contribution in [2.24, 2.45) is 0 Å². The molecule has 0 spiro atoms. The monoisotopic (exact) mass is 187 g/mol. The first-order valence-electron chi connectivity index (χ1n) is 4.04. The van der Waals surface area contributed by atoms with Crippen LogP contribution >= 0.6 is 0 Å². The molecule has 4 nitrogen and oxygen atoms in total. The molecule has 4 heteroatoms. The zero-order valence-corrected chi connectivity index (χ0v) is 7.25. The van der Waals surface area contributed by atoms with E-state index in [1.54, 1.807) is 24.3 Å². The topological polar surface area (TPSA) is 44.1 Å². The minimum Gasteiger partial charge on any atom is -0.409 e. The number of hydrogen-bond acceptors (Lipinski definition) is 3. The highest BCUT2D eigenvalue weighted by Crippen LogP contribution is 2.08. The van der Waals surface area contributed by atoms with Crippen molar-refractivity contribution in [1.29, 1.82) is 0 Å². The second-order valence-corrected chi connectivity index (χ2v) is 2.57. The van der Waals surface area contributed by atoms with E-state index < -0.39 is 6.09 Å². The number of para-hydroxylation sites is 1. The highest BCUT2D eigenvalue weighted by atomic mass is 16.6. The van der Waals surface area contributed by atoms with E-state index in [1.807, 2.05) is 6.07 Å². The van der Waals surface area contributed by atoms with Gasteiger partial charge < -0.3 is 4.74 Å². The third-order valence-electron chi connectivity index (χ3n) is 1.59. The average Bonchev–Trinajstić information content (AvgIpc) is 2.72. The van der Waals surface area contributed by atoms with Crippen LogP contribution in [0.1, 0.15) is 0 Å². The van der Waals surface area contributed by atoms with Gasteiger partial charge in [0.05, 0.1) is 6.20 Å². The summed E-state index contributed by atoms with van der Waals surface area (Å²) in [5, 5.41) is 3.70. The van der Waals surface area contributed by atoms with Crippen LogP contribution in [0.25, 0.3) is 0 Å². The van der Waals surface area contributed by atoms with E-state index in [2.05, 4.69) is 11.2 Å². The Kier molecular flexibility index (Phi) is 2.27. The van der Waals surface area contributed by atoms with E-state index in [-0.39, 0.29) is 0 Å². The molecule has 0 fully saturated rings. The maximum Gasteiger partial charge on any atom is 0.440 e. The van der Waals surface area contributed by atoms with Crippen molar-refractivity contribution in [3.8, 4) is 5.75 Å². The Hall–Kier alpha value is -2.10. The van der Waals surface area contributed by atoms with Crippen molar-refractivity contribution in [3.63, 3.8) is 0 Å². The summed E-state index contributed by atoms with van der Waals surface area (Å²) in [4.78, 5) is 11.3. The molecule has 0 N–H and O–H groups in total. The lowest BCUT2D eigenvalue weighted by atomic mass is 10.3. The van der Waals surface area contributed by atoms with Gasteiger partial charge in [0.1, 0.15) is 5.75 Å². The summed E-state index contributed by atoms with van der Waals surface area (Å²) in [5.41, 5.74) is 0. The number of benzene rings is 1. The number of carbonyl (C=O) groups is 1. The largest absolute Gasteiger partial charge is 0.440 e. The van der Waals surface area contributed by atoms with Crippen molar-refractivity contribution in [2.75, 3.05) is 0 Å². The van der Waals surface area contributed by atoms with Gasteiger partial charge in [-0.3, -0.25) is 0 Å². The molecule has 14 heavy (non-hydrogen) atoms. The normalized spacial score (nSPS) is 9.71. The molecule has 1 aromatic heterocycles. The molecule has 0 atom stereocenters. The molecule has 0 aliphatic heterocycles. The molecule has 0 bridgehead atoms. The summed E-state index contributed by atoms with van der Waals surface area (Å²) < 4.78 is 6.08. The van der Waals surface area contributed by atoms with E-state index in [0.717, 1.165) is 4.68 Å². The summed E-state index contributed by atoms with van der Waals surface area (Å²) in [6.45, 7) is 0. The molecule has 2 rings (SSSR count). The minimum absolute atomic E-state index is 0.494. The van der Waals surface area contributed by atoms with E-state index in [1.165, 1.54) is 12.4 Å². The van der Waals surface area contributed by atoms with Gasteiger partial charge in [-0.1, -0.05) is 18.2 Å². The first kappa shape index (κ1) is 8.50. The number of nitrogens with zero attached hydrogens (tertiary/aromatic N) is 2. The summed E-state index contributed by atoms with van der Waals surface area (Å²) in [7, 11) is 0. The maximum atomic E-state index is 11.3. The van der Waals surface area contributed by atoms with Gasteiger partial charge in [-0.2, -0.15) is 9.78 Å². The fourth-order valence-corrected chi connectivity index (χ4v) is 0.969. The van der Waals surface area contributed by atoms with Gasteiger partial charge in [0, 0.05) is 12.3 Å². The number of ether oxygens (including phenoxy) is 1. The van der Waals surface area contributed by atoms with Crippen LogP contribution in [0.3, 0.4) is 0 Å². The average molecular weight is 187 g/mol. The predicted molar refractivity (Wildman–Crippen MR) is 48.9 cm³/mol. The van der Waals surface area contributed by atoms with Gasteiger partial charge in [-0.05, 0) is 12.1 Å². The van der Waals surface area contributed by atoms with Gasteiger partial charge in [0.15, 0.2) is 0 Å². The molecule has 69 valence electrons. The second-order valence-electron chi connectivity index (χ2n) is 2.57. The van der Waals surface area contributed by atoms with Gasteiger partial charge >= 0.3 is 6.09 Å². The summed E-state index contributed by atoms with van der Waals surface area (Å²) in [5.74, 6) is 0.494. The minimum atomic E-state index is -0.544. The third kappa shape index (κ3) is 1.80. The third-order valence-corrected chi connectivity index (χ3v) is 1.59. The SMILES string of the molecule is O=C(Oc1ccccc1)n1c[c]cn1. The molecule has 2 aromatic rings. The molecule has 0 aliphatic carbocycles. The number of hydrogen-bond donors (Lipinski definition) is 0. The molecule has 1 aromatic carbocycles. The number of carbonyl (C=O) groups excluding carboxylic acids is 1. The maximum absolute atomic E-state index is 11.3. The number of aromatic nitrogens is 2. The Balaban J connectivity index is 2.10. The molecular weight excluding hydrogens is 180 g/mol. The van der Waals surface area contributed by atoms with Gasteiger partial charge in [0.2, 0.25) is 0 Å². The van der Waals surface area contributed by atoms with Crippen LogP contribution in [0.2, 0.25) is 0 Å². The molecule has 0 unspecified atom stereocenters. The Bertz CT molecular complexity index is 409. The lowest BCUT2D eigenvalue weighted by molar-refractivity contribution is 0.199. The van der Waals surface area contributed by atoms with Crippen molar-refractivity contribution in [2.45, 2.75) is 0 Å². The van der Waals surface area contributed by atoms with Gasteiger partial charge in [-0.15, -0.1) is 0 Å². The lowest BCUT2D eigenvalue weighted by Crippen LogP contribution is -2.16. The standard InChI is InChI=1S/C10H7N2O2/c13-10(12-8-4-7-11-12)14-9-5-2-1-3-6-9/h1-3,5-8H. The Morgan fingerprint density at radius 1 is 1.36 bits per heavy atom. The van der Waals surface area contributed by atoms with Crippen molar-refractivity contribution in [3.05, 3.63) is 48.8 Å². The lowest BCUT2D eigenvalue weighted by Gasteiger charge is -2.02. The smallest absolute Gasteiger partial charge is 0.409 e. The van der Waals surface area contributed by atoms with E-state index in [9.17, 15) is 4.79 Å². The summed E-state index contributed by atoms with van der Waals surface area (Å²) in [6.07, 6.45) is 2.26. The number of rotatable bonds is 1. The Labute approximate surface area is 80.7 Å². The Morgan fingerprint density at radius 3 is 2.79 bits per heavy atom. The summed E-state index contributed by atoms with van der Waals surface area (Å²) >= 11 is 0. The first-order chi connectivity index (χ1) is 6.86. The second kappa shape index (κ2) is 3.74. The van der Waals surface area contributed by atoms with Crippen LogP contribution in [0.5, 0.6) is 5.75 Å².